The molecule has 770 valence electrons. The Bertz CT molecular complexity index is 8090. The summed E-state index contributed by atoms with van der Waals surface area (Å²) in [5, 5.41) is 25.8. The second kappa shape index (κ2) is 53.5. The van der Waals surface area contributed by atoms with Crippen LogP contribution in [0, 0.1) is 55.9 Å². The van der Waals surface area contributed by atoms with Crippen LogP contribution in [0.3, 0.4) is 0 Å². The highest BCUT2D eigenvalue weighted by Crippen LogP contribution is 2.50. The van der Waals surface area contributed by atoms with Crippen molar-refractivity contribution in [2.75, 3.05) is 77.3 Å². The second-order valence-electron chi connectivity index (χ2n) is 34.0. The van der Waals surface area contributed by atoms with E-state index in [0.29, 0.717) is 216 Å². The van der Waals surface area contributed by atoms with E-state index in [1.165, 1.54) is 18.3 Å². The number of pyridine rings is 8. The zero-order chi connectivity index (χ0) is 107. The van der Waals surface area contributed by atoms with Gasteiger partial charge >= 0.3 is 7.12 Å². The molecule has 2 aliphatic rings. The third-order valence-electron chi connectivity index (χ3n) is 22.3. The van der Waals surface area contributed by atoms with Gasteiger partial charge in [-0.25, -0.2) is 59.3 Å². The van der Waals surface area contributed by atoms with Crippen molar-refractivity contribution in [3.8, 4) is 95.4 Å². The molecule has 20 rings (SSSR count). The van der Waals surface area contributed by atoms with Crippen molar-refractivity contribution in [2.24, 2.45) is 23.5 Å². The number of nitrogens with zero attached hydrogens (tertiary/aromatic N) is 18. The number of hydrogen-bond donors (Lipinski definition) is 4. The molecule has 150 heavy (non-hydrogen) atoms. The minimum Gasteiger partial charge on any atom is -0.501 e. The molecule has 0 amide bonds. The molecule has 0 saturated carbocycles. The lowest BCUT2D eigenvalue weighted by atomic mass is 9.82. The van der Waals surface area contributed by atoms with Gasteiger partial charge in [0, 0.05) is 200 Å². The average molecular weight is 2390 g/mol. The smallest absolute Gasteiger partial charge is 0.490 e. The fourth-order valence-corrected chi connectivity index (χ4v) is 19.1. The summed E-state index contributed by atoms with van der Waals surface area (Å²) in [6, 6.07) is 35.4. The van der Waals surface area contributed by atoms with Crippen LogP contribution in [0.4, 0.5) is 37.3 Å². The Morgan fingerprint density at radius 2 is 0.780 bits per heavy atom. The largest absolute Gasteiger partial charge is 0.501 e. The number of nitrogens with one attached hydrogen (secondary N) is 1. The topological polar surface area (TPSA) is 271 Å². The molecule has 0 aliphatic carbocycles. The zero-order valence-corrected chi connectivity index (χ0v) is 91.9. The Hall–Kier alpha value is -11.7. The van der Waals surface area contributed by atoms with Crippen molar-refractivity contribution < 1.29 is 42.5 Å². The summed E-state index contributed by atoms with van der Waals surface area (Å²) in [4.78, 5) is 50.3. The van der Waals surface area contributed by atoms with Crippen LogP contribution in [-0.4, -0.2) is 151 Å². The van der Waals surface area contributed by atoms with E-state index in [1.807, 2.05) is 65.6 Å². The molecule has 15 heterocycles. The highest BCUT2D eigenvalue weighted by molar-refractivity contribution is 9.10. The van der Waals surface area contributed by atoms with Crippen LogP contribution in [-0.2, 0) is 16.0 Å². The molecule has 2 aliphatic heterocycles. The molecule has 13 aromatic heterocycles. The standard InChI is InChI=1S/C27H29Cl2N5O2.C23H17Cl2FN4O.C18H14BrCl2N3O.C14H5BrCl3N3.C14H6Cl3N3.C5H5BFNO2.C4H9NO.CH4/c1-17(2)16-36-26-21(12-30)22(20-5-4-19(28)11-23(20)29)15-34-24(14-32-27(26)34)18-3-6-25(31-13-18)33-7-9-35-10-8-33;1-13(2)12-31-22-21(27-3)17(16-6-5-15(24)8-18(16)25)11-30-19(10-29-23(22)30)14-4-7-20(26)28-9-14;1-10(2)9-25-17-16(22-3)13(8-24-15(19)7-23-18(17)24)12-5-4-11(20)6-14(12)21;1-19-13-9(8-3-2-7(16)4-10(8)17)6-21-11(15)5-20-14(21)12(13)18;1-18-13-10(9-3-2-8(15)6-11(9)16)7-20-5-4-19-14(20)12(13)17;7-5-2-1-4(3-8-5)6(9)10;1-3-6-4-2-5-1;/h3-6,11,13-15,17H,7-10,12,16,30H2,1-2H3;4-11,13H,12H2,1-2H3;4-8,10H,9H2,1-2H3;2-6H;2-7H;1-3,9-10H;5H,1-4H2;1H4. The Kier molecular flexibility index (Phi) is 41.2. The fraction of sp³-hybridized carbons (Fsp3) is 0.208. The van der Waals surface area contributed by atoms with E-state index in [2.05, 4.69) is 125 Å². The van der Waals surface area contributed by atoms with Crippen LogP contribution < -0.4 is 35.6 Å². The van der Waals surface area contributed by atoms with Gasteiger partial charge in [0.15, 0.2) is 34.2 Å². The van der Waals surface area contributed by atoms with Crippen LogP contribution in [0.1, 0.15) is 54.5 Å². The molecule has 0 radical (unpaired) electrons. The van der Waals surface area contributed by atoms with Gasteiger partial charge in [-0.1, -0.05) is 225 Å². The van der Waals surface area contributed by atoms with Gasteiger partial charge < -0.3 is 54.1 Å². The summed E-state index contributed by atoms with van der Waals surface area (Å²) in [5.74, 6) is 2.13. The fourth-order valence-electron chi connectivity index (χ4n) is 15.2. The van der Waals surface area contributed by atoms with Crippen molar-refractivity contribution in [3.63, 3.8) is 0 Å². The van der Waals surface area contributed by atoms with Crippen LogP contribution >= 0.6 is 171 Å². The molecular formula is C106H89BBr2Cl12F2N20O7. The molecule has 2 saturated heterocycles. The lowest BCUT2D eigenvalue weighted by molar-refractivity contribution is 0.109. The lowest BCUT2D eigenvalue weighted by Gasteiger charge is -2.27. The first-order chi connectivity index (χ1) is 71.6. The Morgan fingerprint density at radius 3 is 1.17 bits per heavy atom. The number of ether oxygens (including phenoxy) is 5. The first-order valence-electron chi connectivity index (χ1n) is 45.4. The highest BCUT2D eigenvalue weighted by Gasteiger charge is 2.29. The maximum atomic E-state index is 13.3. The van der Waals surface area contributed by atoms with Crippen molar-refractivity contribution in [3.05, 3.63) is 347 Å². The summed E-state index contributed by atoms with van der Waals surface area (Å²) < 4.78 is 64.9. The quantitative estimate of drug-likeness (QED) is 0.0333. The molecule has 2 fully saturated rings. The maximum Gasteiger partial charge on any atom is 0.490 e. The molecule has 44 heteroatoms. The third kappa shape index (κ3) is 27.7. The monoisotopic (exact) mass is 2380 g/mol. The molecule has 27 nitrogen and oxygen atoms in total. The van der Waals surface area contributed by atoms with Crippen LogP contribution in [0.2, 0.25) is 60.3 Å². The lowest BCUT2D eigenvalue weighted by Crippen LogP contribution is -2.36. The van der Waals surface area contributed by atoms with Gasteiger partial charge in [-0.05, 0) is 163 Å². The van der Waals surface area contributed by atoms with Crippen LogP contribution in [0.25, 0.3) is 126 Å². The van der Waals surface area contributed by atoms with E-state index in [1.54, 1.807) is 148 Å². The van der Waals surface area contributed by atoms with Gasteiger partial charge in [0.25, 0.3) is 0 Å². The average Bonchev–Trinajstić information content (AvgIpc) is 1.83. The van der Waals surface area contributed by atoms with Crippen molar-refractivity contribution in [2.45, 2.75) is 55.5 Å². The van der Waals surface area contributed by atoms with Crippen LogP contribution in [0.5, 0.6) is 17.2 Å². The minimum atomic E-state index is -1.58. The van der Waals surface area contributed by atoms with E-state index < -0.39 is 19.0 Å². The summed E-state index contributed by atoms with van der Waals surface area (Å²) in [6.07, 6.45) is 23.8. The second-order valence-corrected chi connectivity index (χ2v) is 40.6. The molecule has 0 spiro atoms. The Balaban J connectivity index is 0.000000152. The number of hydrogen-bond acceptors (Lipinski definition) is 18. The number of rotatable bonds is 19. The normalized spacial score (nSPS) is 12.1. The Morgan fingerprint density at radius 1 is 0.413 bits per heavy atom. The number of halogens is 16. The summed E-state index contributed by atoms with van der Waals surface area (Å²) in [7, 11) is -1.58. The number of imidazole rings is 5. The molecule has 0 atom stereocenters. The third-order valence-corrected chi connectivity index (χ3v) is 26.9. The van der Waals surface area contributed by atoms with Crippen molar-refractivity contribution in [1.29, 1.82) is 0 Å². The zero-order valence-electron chi connectivity index (χ0n) is 79.6. The SMILES string of the molecule is C.C1COCCN1.CC(C)COc1c(CN)c(-c2ccc(Cl)cc2Cl)cn2c(-c3ccc(N4CCOCC4)nc3)cnc12.OB(O)c1ccc(F)nc1.[C-]#[N+]c1c(-c2ccc(Cl)cc2Cl)cn2c(-c3ccc(F)nc3)cnc2c1OCC(C)C.[C-]#[N+]c1c(-c2ccc(Cl)cc2Cl)cn2c(Br)cnc2c1Cl.[C-]#[N+]c1c(-c2ccc(Cl)cc2Cl)cn2c(Br)cnc2c1OCC(C)C.[C-]#[N+]c1c(-c2ccc(Cl)cc2Cl)cn2ccnc2c1Cl. The van der Waals surface area contributed by atoms with Gasteiger partial charge in [-0.2, -0.15) is 8.78 Å². The Labute approximate surface area is 940 Å². The molecular weight excluding hydrogens is 2300 g/mol. The maximum absolute atomic E-state index is 13.3. The molecule has 18 aromatic rings. The minimum absolute atomic E-state index is 0. The van der Waals surface area contributed by atoms with Gasteiger partial charge in [0.05, 0.1) is 119 Å². The van der Waals surface area contributed by atoms with E-state index in [-0.39, 0.29) is 25.4 Å². The van der Waals surface area contributed by atoms with E-state index >= 15 is 0 Å². The highest BCUT2D eigenvalue weighted by atomic mass is 79.9. The molecule has 5 aromatic carbocycles. The van der Waals surface area contributed by atoms with E-state index in [9.17, 15) is 8.78 Å². The van der Waals surface area contributed by atoms with Gasteiger partial charge in [0.2, 0.25) is 34.6 Å². The van der Waals surface area contributed by atoms with E-state index in [0.717, 1.165) is 108 Å². The number of morpholine rings is 2. The number of anilines is 1. The predicted octanol–water partition coefficient (Wildman–Crippen LogP) is 30.4. The number of benzene rings is 5. The summed E-state index contributed by atoms with van der Waals surface area (Å²) >= 11 is 81.4. The van der Waals surface area contributed by atoms with Crippen molar-refractivity contribution in [1.82, 2.24) is 67.2 Å². The van der Waals surface area contributed by atoms with Gasteiger partial charge in [-0.3, -0.25) is 17.6 Å². The van der Waals surface area contributed by atoms with Gasteiger partial charge in [-0.15, -0.1) is 0 Å². The van der Waals surface area contributed by atoms with Crippen LogP contribution in [0.15, 0.2) is 223 Å². The molecule has 5 N–H and O–H groups in total. The van der Waals surface area contributed by atoms with Gasteiger partial charge in [0.1, 0.15) is 26.3 Å². The summed E-state index contributed by atoms with van der Waals surface area (Å²) in [6.45, 7) is 51.3. The van der Waals surface area contributed by atoms with Crippen molar-refractivity contribution >= 4 is 240 Å². The number of fused-ring (bicyclic) bond motifs is 5. The first-order valence-corrected chi connectivity index (χ1v) is 51.5. The predicted molar refractivity (Wildman–Crippen MR) is 606 cm³/mol. The molecule has 0 bridgehead atoms. The first kappa shape index (κ1) is 115. The molecule has 0 unspecified atom stereocenters. The number of aromatic nitrogens is 13. The summed E-state index contributed by atoms with van der Waals surface area (Å²) in [5.41, 5.74) is 21.7. The van der Waals surface area contributed by atoms with E-state index in [4.69, 9.17) is 215 Å². The number of nitrogens with two attached hydrogens (primary N) is 1.